The molecule has 1 aliphatic heterocycles. The lowest BCUT2D eigenvalue weighted by molar-refractivity contribution is -0.137. The number of carbonyl (C=O) groups excluding carboxylic acids is 1. The van der Waals surface area contributed by atoms with Gasteiger partial charge in [-0.3, -0.25) is 4.79 Å². The predicted molar refractivity (Wildman–Crippen MR) is 110 cm³/mol. The maximum atomic E-state index is 12.7. The summed E-state index contributed by atoms with van der Waals surface area (Å²) in [4.78, 5) is 17.8. The van der Waals surface area contributed by atoms with Gasteiger partial charge in [-0.25, -0.2) is 0 Å². The van der Waals surface area contributed by atoms with Crippen LogP contribution in [0, 0.1) is 0 Å². The molecule has 3 nitrogen and oxygen atoms in total. The van der Waals surface area contributed by atoms with Crippen molar-refractivity contribution in [1.82, 2.24) is 9.88 Å². The van der Waals surface area contributed by atoms with Gasteiger partial charge in [-0.2, -0.15) is 13.2 Å². The second-order valence-corrected chi connectivity index (χ2v) is 8.22. The molecule has 0 saturated carbocycles. The van der Waals surface area contributed by atoms with Crippen LogP contribution in [-0.2, 0) is 17.4 Å². The smallest absolute Gasteiger partial charge is 0.349 e. The maximum Gasteiger partial charge on any atom is 0.416 e. The van der Waals surface area contributed by atoms with Crippen molar-refractivity contribution in [3.8, 4) is 0 Å². The number of halogens is 4. The number of piperidine rings is 1. The highest BCUT2D eigenvalue weighted by Crippen LogP contribution is 2.38. The molecule has 1 fully saturated rings. The molecule has 3 aromatic rings. The molecule has 0 spiro atoms. The summed E-state index contributed by atoms with van der Waals surface area (Å²) < 4.78 is 39.0. The zero-order valence-electron chi connectivity index (χ0n) is 15.6. The third-order valence-corrected chi connectivity index (χ3v) is 6.22. The first-order chi connectivity index (χ1) is 13.8. The molecule has 0 atom stereocenters. The van der Waals surface area contributed by atoms with Crippen LogP contribution in [0.3, 0.4) is 0 Å². The summed E-state index contributed by atoms with van der Waals surface area (Å²) >= 11 is 3.64. The van der Waals surface area contributed by atoms with Crippen molar-refractivity contribution in [3.63, 3.8) is 0 Å². The number of hydrogen-bond donors (Lipinski definition) is 1. The van der Waals surface area contributed by atoms with E-state index >= 15 is 0 Å². The fourth-order valence-electron chi connectivity index (χ4n) is 4.05. The molecule has 0 radical (unpaired) electrons. The van der Waals surface area contributed by atoms with Gasteiger partial charge in [0.2, 0.25) is 5.91 Å². The Bertz CT molecular complexity index is 1020. The standard InChI is InChI=1S/C22H20BrF3N2O/c23-21-20(17-3-1-2-4-18(17)27-21)15-9-11-28(12-10-15)19(29)13-14-5-7-16(8-6-14)22(24,25)26/h1-8,15,27H,9-13H2. The topological polar surface area (TPSA) is 36.1 Å². The fourth-order valence-corrected chi connectivity index (χ4v) is 4.80. The van der Waals surface area contributed by atoms with Crippen molar-refractivity contribution >= 4 is 32.7 Å². The van der Waals surface area contributed by atoms with Gasteiger partial charge in [-0.1, -0.05) is 30.3 Å². The molecule has 29 heavy (non-hydrogen) atoms. The van der Waals surface area contributed by atoms with Gasteiger partial charge < -0.3 is 9.88 Å². The molecule has 0 unspecified atom stereocenters. The second kappa shape index (κ2) is 7.86. The summed E-state index contributed by atoms with van der Waals surface area (Å²) in [6.07, 6.45) is -2.51. The van der Waals surface area contributed by atoms with E-state index in [4.69, 9.17) is 0 Å². The SMILES string of the molecule is O=C(Cc1ccc(C(F)(F)F)cc1)N1CCC(c2c(Br)[nH]c3ccccc23)CC1. The van der Waals surface area contributed by atoms with Crippen LogP contribution >= 0.6 is 15.9 Å². The molecule has 4 rings (SSSR count). The van der Waals surface area contributed by atoms with Gasteiger partial charge in [0.05, 0.1) is 16.6 Å². The number of likely N-dealkylation sites (tertiary alicyclic amines) is 1. The van der Waals surface area contributed by atoms with Crippen molar-refractivity contribution < 1.29 is 18.0 Å². The molecule has 1 aliphatic rings. The van der Waals surface area contributed by atoms with E-state index in [1.807, 2.05) is 23.1 Å². The molecule has 7 heteroatoms. The van der Waals surface area contributed by atoms with Crippen molar-refractivity contribution in [1.29, 1.82) is 0 Å². The van der Waals surface area contributed by atoms with E-state index in [1.165, 1.54) is 23.1 Å². The van der Waals surface area contributed by atoms with Crippen LogP contribution in [0.2, 0.25) is 0 Å². The minimum absolute atomic E-state index is 0.0406. The lowest BCUT2D eigenvalue weighted by atomic mass is 9.89. The maximum absolute atomic E-state index is 12.7. The Labute approximate surface area is 175 Å². The van der Waals surface area contributed by atoms with Gasteiger partial charge in [0.1, 0.15) is 0 Å². The molecule has 1 saturated heterocycles. The average molecular weight is 465 g/mol. The number of nitrogens with one attached hydrogen (secondary N) is 1. The van der Waals surface area contributed by atoms with E-state index < -0.39 is 11.7 Å². The number of para-hydroxylation sites is 1. The number of hydrogen-bond acceptors (Lipinski definition) is 1. The van der Waals surface area contributed by atoms with E-state index in [0.29, 0.717) is 24.6 Å². The van der Waals surface area contributed by atoms with Crippen LogP contribution in [0.15, 0.2) is 53.1 Å². The van der Waals surface area contributed by atoms with E-state index in [0.717, 1.165) is 35.1 Å². The van der Waals surface area contributed by atoms with Crippen molar-refractivity contribution in [2.75, 3.05) is 13.1 Å². The first-order valence-electron chi connectivity index (χ1n) is 9.53. The molecule has 2 heterocycles. The number of fused-ring (bicyclic) bond motifs is 1. The van der Waals surface area contributed by atoms with Gasteiger partial charge in [0.25, 0.3) is 0 Å². The minimum atomic E-state index is -4.36. The Morgan fingerprint density at radius 3 is 2.38 bits per heavy atom. The molecule has 1 aromatic heterocycles. The van der Waals surface area contributed by atoms with Crippen LogP contribution < -0.4 is 0 Å². The molecule has 0 bridgehead atoms. The number of amides is 1. The first-order valence-corrected chi connectivity index (χ1v) is 10.3. The molecule has 152 valence electrons. The molecule has 0 aliphatic carbocycles. The van der Waals surface area contributed by atoms with Gasteiger partial charge in [-0.05, 0) is 64.0 Å². The number of aromatic nitrogens is 1. The summed E-state index contributed by atoms with van der Waals surface area (Å²) in [6, 6.07) is 13.0. The van der Waals surface area contributed by atoms with Crippen LogP contribution in [-0.4, -0.2) is 28.9 Å². The van der Waals surface area contributed by atoms with Crippen LogP contribution in [0.5, 0.6) is 0 Å². The largest absolute Gasteiger partial charge is 0.416 e. The molecule has 1 N–H and O–H groups in total. The first kappa shape index (κ1) is 20.0. The molecule has 2 aromatic carbocycles. The molecule has 1 amide bonds. The summed E-state index contributed by atoms with van der Waals surface area (Å²) in [7, 11) is 0. The van der Waals surface area contributed by atoms with Gasteiger partial charge in [-0.15, -0.1) is 0 Å². The summed E-state index contributed by atoms with van der Waals surface area (Å²) in [6.45, 7) is 1.30. The second-order valence-electron chi connectivity index (χ2n) is 7.42. The summed E-state index contributed by atoms with van der Waals surface area (Å²) in [5, 5.41) is 1.20. The van der Waals surface area contributed by atoms with Gasteiger partial charge >= 0.3 is 6.18 Å². The lowest BCUT2D eigenvalue weighted by Crippen LogP contribution is -2.38. The van der Waals surface area contributed by atoms with E-state index in [9.17, 15) is 18.0 Å². The van der Waals surface area contributed by atoms with E-state index in [1.54, 1.807) is 0 Å². The Morgan fingerprint density at radius 2 is 1.72 bits per heavy atom. The fraction of sp³-hybridized carbons (Fsp3) is 0.318. The number of rotatable bonds is 3. The number of benzene rings is 2. The lowest BCUT2D eigenvalue weighted by Gasteiger charge is -2.32. The summed E-state index contributed by atoms with van der Waals surface area (Å²) in [5.41, 5.74) is 2.26. The zero-order valence-corrected chi connectivity index (χ0v) is 17.2. The number of nitrogens with zero attached hydrogens (tertiary/aromatic N) is 1. The molecular weight excluding hydrogens is 445 g/mol. The Morgan fingerprint density at radius 1 is 1.07 bits per heavy atom. The summed E-state index contributed by atoms with van der Waals surface area (Å²) in [5.74, 6) is 0.317. The highest BCUT2D eigenvalue weighted by molar-refractivity contribution is 9.10. The van der Waals surface area contributed by atoms with Crippen molar-refractivity contribution in [2.45, 2.75) is 31.4 Å². The Kier molecular flexibility index (Phi) is 5.42. The monoisotopic (exact) mass is 464 g/mol. The third kappa shape index (κ3) is 4.20. The predicted octanol–water partition coefficient (Wildman–Crippen LogP) is 5.90. The highest BCUT2D eigenvalue weighted by atomic mass is 79.9. The van der Waals surface area contributed by atoms with Gasteiger partial charge in [0, 0.05) is 24.0 Å². The van der Waals surface area contributed by atoms with Crippen LogP contribution in [0.1, 0.15) is 35.4 Å². The number of carbonyl (C=O) groups is 1. The Balaban J connectivity index is 1.39. The quantitative estimate of drug-likeness (QED) is 0.514. The van der Waals surface area contributed by atoms with E-state index in [-0.39, 0.29) is 12.3 Å². The normalized spacial score (nSPS) is 15.8. The minimum Gasteiger partial charge on any atom is -0.349 e. The van der Waals surface area contributed by atoms with Crippen molar-refractivity contribution in [3.05, 3.63) is 69.8 Å². The third-order valence-electron chi connectivity index (χ3n) is 5.59. The van der Waals surface area contributed by atoms with Crippen LogP contribution in [0.25, 0.3) is 10.9 Å². The van der Waals surface area contributed by atoms with Gasteiger partial charge in [0.15, 0.2) is 0 Å². The zero-order chi connectivity index (χ0) is 20.6. The van der Waals surface area contributed by atoms with Crippen LogP contribution in [0.4, 0.5) is 13.2 Å². The Hall–Kier alpha value is -2.28. The average Bonchev–Trinajstić information content (AvgIpc) is 3.03. The van der Waals surface area contributed by atoms with E-state index in [2.05, 4.69) is 27.0 Å². The molecular formula is C22H20BrF3N2O. The number of aromatic amines is 1. The highest BCUT2D eigenvalue weighted by Gasteiger charge is 2.30. The number of H-pyrrole nitrogens is 1. The van der Waals surface area contributed by atoms with Crippen molar-refractivity contribution in [2.24, 2.45) is 0 Å². The number of alkyl halides is 3.